The third-order valence-electron chi connectivity index (χ3n) is 3.67. The average Bonchev–Trinajstić information content (AvgIpc) is 3.02. The predicted molar refractivity (Wildman–Crippen MR) is 82.8 cm³/mol. The van der Waals surface area contributed by atoms with E-state index < -0.39 is 22.5 Å². The van der Waals surface area contributed by atoms with Crippen molar-refractivity contribution in [2.45, 2.75) is 6.04 Å². The molecule has 10 heteroatoms. The quantitative estimate of drug-likeness (QED) is 0.840. The number of amides is 2. The molecule has 2 amide bonds. The first kappa shape index (κ1) is 14.6. The first-order valence-corrected chi connectivity index (χ1v) is 8.91. The van der Waals surface area contributed by atoms with Gasteiger partial charge in [0, 0.05) is 12.1 Å². The van der Waals surface area contributed by atoms with E-state index in [9.17, 15) is 13.2 Å². The standard InChI is InChI=1S/C13H11N3O5S2/c17-13-15-6-8(5-9(7-15)16(13)21-23(18,19)20)12-14-10-3-1-2-4-11(10)22-12/h1-5,9H,6-7H2,(H,18,19,20). The highest BCUT2D eigenvalue weighted by Gasteiger charge is 2.43. The number of hydroxylamine groups is 2. The molecule has 2 bridgehead atoms. The lowest BCUT2D eigenvalue weighted by molar-refractivity contribution is -0.0183. The first-order chi connectivity index (χ1) is 10.9. The second kappa shape index (κ2) is 4.99. The molecular weight excluding hydrogens is 342 g/mol. The minimum absolute atomic E-state index is 0.308. The van der Waals surface area contributed by atoms with Gasteiger partial charge in [-0.15, -0.1) is 15.6 Å². The zero-order valence-corrected chi connectivity index (χ0v) is 13.2. The zero-order chi connectivity index (χ0) is 16.2. The van der Waals surface area contributed by atoms with Crippen LogP contribution in [0.2, 0.25) is 0 Å². The summed E-state index contributed by atoms with van der Waals surface area (Å²) in [6, 6.07) is 6.53. The minimum Gasteiger partial charge on any atom is -0.316 e. The maximum Gasteiger partial charge on any atom is 0.418 e. The van der Waals surface area contributed by atoms with Gasteiger partial charge in [0.15, 0.2) is 0 Å². The van der Waals surface area contributed by atoms with E-state index in [1.54, 1.807) is 6.08 Å². The predicted octanol–water partition coefficient (Wildman–Crippen LogP) is 1.53. The molecule has 4 rings (SSSR count). The number of thiazole rings is 1. The van der Waals surface area contributed by atoms with E-state index in [1.165, 1.54) is 16.2 Å². The number of carbonyl (C=O) groups excluding carboxylic acids is 1. The summed E-state index contributed by atoms with van der Waals surface area (Å²) in [5.41, 5.74) is 1.70. The second-order valence-electron chi connectivity index (χ2n) is 5.24. The molecule has 1 atom stereocenters. The van der Waals surface area contributed by atoms with Crippen molar-refractivity contribution in [3.05, 3.63) is 35.3 Å². The molecule has 8 nitrogen and oxygen atoms in total. The minimum atomic E-state index is -4.75. The molecule has 23 heavy (non-hydrogen) atoms. The van der Waals surface area contributed by atoms with Crippen LogP contribution >= 0.6 is 11.3 Å². The van der Waals surface area contributed by atoms with Crippen molar-refractivity contribution in [2.75, 3.05) is 13.1 Å². The van der Waals surface area contributed by atoms with Crippen LogP contribution in [0.4, 0.5) is 4.79 Å². The Bertz CT molecular complexity index is 903. The molecule has 1 aromatic carbocycles. The summed E-state index contributed by atoms with van der Waals surface area (Å²) in [5.74, 6) is 0. The molecule has 120 valence electrons. The van der Waals surface area contributed by atoms with E-state index in [0.29, 0.717) is 18.2 Å². The molecule has 3 heterocycles. The van der Waals surface area contributed by atoms with Crippen LogP contribution in [0, 0.1) is 0 Å². The Labute approximate surface area is 135 Å². The number of fused-ring (bicyclic) bond motifs is 3. The van der Waals surface area contributed by atoms with E-state index >= 15 is 0 Å². The van der Waals surface area contributed by atoms with Crippen LogP contribution in [-0.4, -0.2) is 53.1 Å². The van der Waals surface area contributed by atoms with Gasteiger partial charge in [-0.25, -0.2) is 9.78 Å². The number of para-hydroxylation sites is 1. The first-order valence-electron chi connectivity index (χ1n) is 6.72. The molecule has 2 aliphatic rings. The van der Waals surface area contributed by atoms with E-state index in [4.69, 9.17) is 4.55 Å². The lowest BCUT2D eigenvalue weighted by atomic mass is 10.1. The van der Waals surface area contributed by atoms with Crippen molar-refractivity contribution >= 4 is 43.6 Å². The molecule has 2 aliphatic heterocycles. The average molecular weight is 353 g/mol. The van der Waals surface area contributed by atoms with Crippen molar-refractivity contribution in [1.82, 2.24) is 14.9 Å². The van der Waals surface area contributed by atoms with Crippen molar-refractivity contribution in [3.63, 3.8) is 0 Å². The van der Waals surface area contributed by atoms with Gasteiger partial charge in [0.05, 0.1) is 22.8 Å². The number of nitrogens with zero attached hydrogens (tertiary/aromatic N) is 3. The van der Waals surface area contributed by atoms with Crippen LogP contribution in [0.1, 0.15) is 5.01 Å². The van der Waals surface area contributed by atoms with Gasteiger partial charge < -0.3 is 4.90 Å². The molecule has 0 aliphatic carbocycles. The van der Waals surface area contributed by atoms with E-state index in [-0.39, 0.29) is 0 Å². The fourth-order valence-corrected chi connectivity index (χ4v) is 4.10. The Kier molecular flexibility index (Phi) is 3.17. The van der Waals surface area contributed by atoms with E-state index in [2.05, 4.69) is 9.27 Å². The topological polar surface area (TPSA) is 100 Å². The molecule has 1 aromatic heterocycles. The van der Waals surface area contributed by atoms with Crippen LogP contribution in [0.3, 0.4) is 0 Å². The largest absolute Gasteiger partial charge is 0.418 e. The molecule has 1 saturated heterocycles. The third-order valence-corrected chi connectivity index (χ3v) is 5.13. The Morgan fingerprint density at radius 2 is 2.13 bits per heavy atom. The number of urea groups is 1. The normalized spacial score (nSPS) is 21.2. The van der Waals surface area contributed by atoms with Crippen molar-refractivity contribution in [3.8, 4) is 0 Å². The Morgan fingerprint density at radius 3 is 2.87 bits per heavy atom. The lowest BCUT2D eigenvalue weighted by Crippen LogP contribution is -2.35. The van der Waals surface area contributed by atoms with E-state index in [0.717, 1.165) is 20.8 Å². The summed E-state index contributed by atoms with van der Waals surface area (Å²) < 4.78 is 36.0. The summed E-state index contributed by atoms with van der Waals surface area (Å²) in [6.07, 6.45) is 1.75. The zero-order valence-electron chi connectivity index (χ0n) is 11.6. The van der Waals surface area contributed by atoms with Gasteiger partial charge in [-0.1, -0.05) is 12.1 Å². The highest BCUT2D eigenvalue weighted by molar-refractivity contribution is 7.80. The Morgan fingerprint density at radius 1 is 1.35 bits per heavy atom. The van der Waals surface area contributed by atoms with Gasteiger partial charge in [-0.3, -0.25) is 4.55 Å². The smallest absolute Gasteiger partial charge is 0.316 e. The molecular formula is C13H11N3O5S2. The van der Waals surface area contributed by atoms with E-state index in [1.807, 2.05) is 24.3 Å². The number of aromatic nitrogens is 1. The highest BCUT2D eigenvalue weighted by Crippen LogP contribution is 2.33. The summed E-state index contributed by atoms with van der Waals surface area (Å²) in [4.78, 5) is 18.1. The number of rotatable bonds is 3. The fraction of sp³-hybridized carbons (Fsp3) is 0.231. The maximum absolute atomic E-state index is 12.1. The van der Waals surface area contributed by atoms with Crippen LogP contribution in [0.5, 0.6) is 0 Å². The monoisotopic (exact) mass is 353 g/mol. The van der Waals surface area contributed by atoms with Gasteiger partial charge in [0.25, 0.3) is 0 Å². The number of benzene rings is 1. The molecule has 0 radical (unpaired) electrons. The molecule has 1 fully saturated rings. The molecule has 1 unspecified atom stereocenters. The Hall–Kier alpha value is -2.01. The van der Waals surface area contributed by atoms with Crippen LogP contribution in [0.25, 0.3) is 15.8 Å². The number of hydrogen-bond acceptors (Lipinski definition) is 6. The van der Waals surface area contributed by atoms with Gasteiger partial charge >= 0.3 is 16.4 Å². The SMILES string of the molecule is O=C1N2CC(c3nc4ccccc4s3)=CC(C2)N1OS(=O)(=O)O. The van der Waals surface area contributed by atoms with Crippen LogP contribution in [-0.2, 0) is 14.7 Å². The van der Waals surface area contributed by atoms with Crippen LogP contribution < -0.4 is 0 Å². The summed E-state index contributed by atoms with van der Waals surface area (Å²) >= 11 is 1.51. The Balaban J connectivity index is 1.69. The molecule has 1 N–H and O–H groups in total. The van der Waals surface area contributed by atoms with Crippen molar-refractivity contribution < 1.29 is 22.0 Å². The number of hydrogen-bond donors (Lipinski definition) is 1. The molecule has 0 spiro atoms. The van der Waals surface area contributed by atoms with Gasteiger partial charge in [0.1, 0.15) is 5.01 Å². The van der Waals surface area contributed by atoms with Crippen molar-refractivity contribution in [2.24, 2.45) is 0 Å². The van der Waals surface area contributed by atoms with Gasteiger partial charge in [-0.2, -0.15) is 13.5 Å². The lowest BCUT2D eigenvalue weighted by Gasteiger charge is -2.19. The summed E-state index contributed by atoms with van der Waals surface area (Å²) in [5, 5.41) is 1.46. The maximum atomic E-state index is 12.1. The number of carbonyl (C=O) groups is 1. The molecule has 0 saturated carbocycles. The third kappa shape index (κ3) is 2.59. The van der Waals surface area contributed by atoms with Gasteiger partial charge in [0.2, 0.25) is 0 Å². The summed E-state index contributed by atoms with van der Waals surface area (Å²) in [6.45, 7) is 0.628. The van der Waals surface area contributed by atoms with Crippen LogP contribution in [0.15, 0.2) is 30.3 Å². The van der Waals surface area contributed by atoms with Crippen molar-refractivity contribution in [1.29, 1.82) is 0 Å². The fourth-order valence-electron chi connectivity index (χ4n) is 2.74. The molecule has 2 aromatic rings. The highest BCUT2D eigenvalue weighted by atomic mass is 32.3. The second-order valence-corrected chi connectivity index (χ2v) is 7.27. The summed E-state index contributed by atoms with van der Waals surface area (Å²) in [7, 11) is -4.75. The van der Waals surface area contributed by atoms with Gasteiger partial charge in [-0.05, 0) is 18.2 Å².